The molecule has 3 atom stereocenters. The van der Waals surface area contributed by atoms with Gasteiger partial charge in [-0.3, -0.25) is 9.89 Å². The SMILES string of the molecule is CCNC(=NCC(c1cccs1)N1CCOCC1)N1CCOC(C2CCCO2)C1.I. The first-order valence-electron chi connectivity index (χ1n) is 11.0. The van der Waals surface area contributed by atoms with Gasteiger partial charge in [0.25, 0.3) is 0 Å². The lowest BCUT2D eigenvalue weighted by molar-refractivity contribution is -0.0817. The Hall–Kier alpha value is -0.460. The van der Waals surface area contributed by atoms with Gasteiger partial charge in [0, 0.05) is 44.2 Å². The summed E-state index contributed by atoms with van der Waals surface area (Å²) < 4.78 is 17.5. The Morgan fingerprint density at radius 2 is 2.03 bits per heavy atom. The number of nitrogens with one attached hydrogen (secondary N) is 1. The maximum atomic E-state index is 6.03. The van der Waals surface area contributed by atoms with E-state index < -0.39 is 0 Å². The van der Waals surface area contributed by atoms with Gasteiger partial charge in [-0.2, -0.15) is 0 Å². The zero-order valence-electron chi connectivity index (χ0n) is 17.8. The molecule has 9 heteroatoms. The fourth-order valence-electron chi connectivity index (χ4n) is 4.34. The third-order valence-electron chi connectivity index (χ3n) is 5.88. The molecule has 1 N–H and O–H groups in total. The van der Waals surface area contributed by atoms with Gasteiger partial charge in [0.1, 0.15) is 6.10 Å². The average Bonchev–Trinajstić information content (AvgIpc) is 3.49. The molecule has 0 bridgehead atoms. The van der Waals surface area contributed by atoms with Gasteiger partial charge in [-0.25, -0.2) is 0 Å². The molecule has 3 aliphatic rings. The Morgan fingerprint density at radius 1 is 1.20 bits per heavy atom. The molecule has 0 aliphatic carbocycles. The molecule has 0 aromatic carbocycles. The number of hydrogen-bond acceptors (Lipinski definition) is 6. The summed E-state index contributed by atoms with van der Waals surface area (Å²) in [6.07, 6.45) is 2.61. The van der Waals surface area contributed by atoms with Crippen LogP contribution in [0.4, 0.5) is 0 Å². The molecule has 7 nitrogen and oxygen atoms in total. The Labute approximate surface area is 201 Å². The number of thiophene rings is 1. The van der Waals surface area contributed by atoms with Gasteiger partial charge in [0.05, 0.1) is 38.5 Å². The molecule has 30 heavy (non-hydrogen) atoms. The molecule has 3 aliphatic heterocycles. The zero-order valence-corrected chi connectivity index (χ0v) is 21.0. The van der Waals surface area contributed by atoms with Gasteiger partial charge in [-0.1, -0.05) is 6.07 Å². The van der Waals surface area contributed by atoms with Crippen LogP contribution in [0.25, 0.3) is 0 Å². The van der Waals surface area contributed by atoms with E-state index >= 15 is 0 Å². The van der Waals surface area contributed by atoms with Crippen LogP contribution < -0.4 is 5.32 Å². The summed E-state index contributed by atoms with van der Waals surface area (Å²) >= 11 is 1.82. The van der Waals surface area contributed by atoms with Gasteiger partial charge >= 0.3 is 0 Å². The third-order valence-corrected chi connectivity index (χ3v) is 6.85. The van der Waals surface area contributed by atoms with Crippen molar-refractivity contribution in [2.45, 2.75) is 38.0 Å². The molecule has 3 unspecified atom stereocenters. The van der Waals surface area contributed by atoms with Crippen LogP contribution >= 0.6 is 35.3 Å². The highest BCUT2D eigenvalue weighted by Gasteiger charge is 2.32. The number of aliphatic imine (C=N–C) groups is 1. The van der Waals surface area contributed by atoms with Gasteiger partial charge in [0.2, 0.25) is 0 Å². The maximum Gasteiger partial charge on any atom is 0.194 e. The molecule has 170 valence electrons. The lowest BCUT2D eigenvalue weighted by Crippen LogP contribution is -2.53. The molecule has 0 saturated carbocycles. The largest absolute Gasteiger partial charge is 0.379 e. The number of morpholine rings is 2. The second-order valence-electron chi connectivity index (χ2n) is 7.78. The molecule has 1 aromatic rings. The Kier molecular flexibility index (Phi) is 10.1. The highest BCUT2D eigenvalue weighted by Crippen LogP contribution is 2.27. The summed E-state index contributed by atoms with van der Waals surface area (Å²) in [6, 6.07) is 4.67. The van der Waals surface area contributed by atoms with E-state index in [1.165, 1.54) is 4.88 Å². The van der Waals surface area contributed by atoms with Crippen LogP contribution in [-0.4, -0.2) is 93.7 Å². The summed E-state index contributed by atoms with van der Waals surface area (Å²) in [7, 11) is 0. The van der Waals surface area contributed by atoms with Crippen molar-refractivity contribution in [3.05, 3.63) is 22.4 Å². The van der Waals surface area contributed by atoms with E-state index in [-0.39, 0.29) is 36.2 Å². The van der Waals surface area contributed by atoms with Crippen molar-refractivity contribution in [1.82, 2.24) is 15.1 Å². The molecule has 4 heterocycles. The second-order valence-corrected chi connectivity index (χ2v) is 8.76. The molecular weight excluding hydrogens is 515 g/mol. The second kappa shape index (κ2) is 12.5. The minimum absolute atomic E-state index is 0. The van der Waals surface area contributed by atoms with Gasteiger partial charge in [0.15, 0.2) is 5.96 Å². The molecule has 3 fully saturated rings. The number of halogens is 1. The first-order chi connectivity index (χ1) is 14.3. The van der Waals surface area contributed by atoms with Crippen LogP contribution in [0.3, 0.4) is 0 Å². The van der Waals surface area contributed by atoms with E-state index in [0.717, 1.165) is 84.5 Å². The first-order valence-corrected chi connectivity index (χ1v) is 11.8. The molecule has 3 saturated heterocycles. The van der Waals surface area contributed by atoms with Crippen LogP contribution in [0.1, 0.15) is 30.7 Å². The van der Waals surface area contributed by atoms with Crippen molar-refractivity contribution >= 4 is 41.3 Å². The topological polar surface area (TPSA) is 58.6 Å². The highest BCUT2D eigenvalue weighted by atomic mass is 127. The van der Waals surface area contributed by atoms with E-state index in [0.29, 0.717) is 6.04 Å². The minimum atomic E-state index is 0. The Bertz CT molecular complexity index is 636. The van der Waals surface area contributed by atoms with Crippen LogP contribution in [0.15, 0.2) is 22.5 Å². The van der Waals surface area contributed by atoms with Crippen molar-refractivity contribution < 1.29 is 14.2 Å². The molecule has 0 amide bonds. The monoisotopic (exact) mass is 550 g/mol. The van der Waals surface area contributed by atoms with E-state index in [9.17, 15) is 0 Å². The van der Waals surface area contributed by atoms with E-state index in [2.05, 4.69) is 39.6 Å². The molecular formula is C21H35IN4O3S. The van der Waals surface area contributed by atoms with Gasteiger partial charge < -0.3 is 24.4 Å². The lowest BCUT2D eigenvalue weighted by Gasteiger charge is -2.37. The maximum absolute atomic E-state index is 6.03. The van der Waals surface area contributed by atoms with Gasteiger partial charge in [-0.15, -0.1) is 35.3 Å². The standard InChI is InChI=1S/C21H34N4O3S.HI/c1-2-22-21(25-9-13-28-19(16-25)18-5-3-10-27-18)23-15-17(20-6-4-14-29-20)24-7-11-26-12-8-24;/h4,6,14,17-19H,2-3,5,7-13,15-16H2,1H3,(H,22,23);1H. The number of ether oxygens (including phenoxy) is 3. The number of nitrogens with zero attached hydrogens (tertiary/aromatic N) is 3. The van der Waals surface area contributed by atoms with Gasteiger partial charge in [-0.05, 0) is 31.2 Å². The van der Waals surface area contributed by atoms with E-state index in [1.54, 1.807) is 0 Å². The summed E-state index contributed by atoms with van der Waals surface area (Å²) in [5, 5.41) is 5.67. The molecule has 4 rings (SSSR count). The van der Waals surface area contributed by atoms with Crippen molar-refractivity contribution in [2.75, 3.05) is 65.7 Å². The zero-order chi connectivity index (χ0) is 19.9. The van der Waals surface area contributed by atoms with Crippen LogP contribution in [0.5, 0.6) is 0 Å². The predicted octanol–water partition coefficient (Wildman–Crippen LogP) is 2.58. The summed E-state index contributed by atoms with van der Waals surface area (Å²) in [5.74, 6) is 0.994. The fraction of sp³-hybridized carbons (Fsp3) is 0.762. The predicted molar refractivity (Wildman–Crippen MR) is 131 cm³/mol. The average molecular weight is 551 g/mol. The van der Waals surface area contributed by atoms with Crippen molar-refractivity contribution in [3.63, 3.8) is 0 Å². The van der Waals surface area contributed by atoms with Crippen LogP contribution in [0.2, 0.25) is 0 Å². The quantitative estimate of drug-likeness (QED) is 0.334. The minimum Gasteiger partial charge on any atom is -0.379 e. The third kappa shape index (κ3) is 6.29. The summed E-state index contributed by atoms with van der Waals surface area (Å²) in [4.78, 5) is 11.3. The number of guanidine groups is 1. The number of hydrogen-bond donors (Lipinski definition) is 1. The first kappa shape index (κ1) is 24.2. The Morgan fingerprint density at radius 3 is 2.73 bits per heavy atom. The van der Waals surface area contributed by atoms with E-state index in [4.69, 9.17) is 19.2 Å². The lowest BCUT2D eigenvalue weighted by atomic mass is 10.1. The number of rotatable bonds is 6. The molecule has 0 radical (unpaired) electrons. The molecule has 1 aromatic heterocycles. The van der Waals surface area contributed by atoms with E-state index in [1.807, 2.05) is 11.3 Å². The van der Waals surface area contributed by atoms with Crippen molar-refractivity contribution in [3.8, 4) is 0 Å². The summed E-state index contributed by atoms with van der Waals surface area (Å²) in [5.41, 5.74) is 0. The Balaban J connectivity index is 0.00000256. The highest BCUT2D eigenvalue weighted by molar-refractivity contribution is 14.0. The van der Waals surface area contributed by atoms with Crippen LogP contribution in [0, 0.1) is 0 Å². The van der Waals surface area contributed by atoms with Crippen molar-refractivity contribution in [1.29, 1.82) is 0 Å². The smallest absolute Gasteiger partial charge is 0.194 e. The molecule has 0 spiro atoms. The summed E-state index contributed by atoms with van der Waals surface area (Å²) in [6.45, 7) is 10.6. The normalized spacial score (nSPS) is 27.0. The van der Waals surface area contributed by atoms with Crippen LogP contribution in [-0.2, 0) is 14.2 Å². The fourth-order valence-corrected chi connectivity index (χ4v) is 5.19. The van der Waals surface area contributed by atoms with Crippen molar-refractivity contribution in [2.24, 2.45) is 4.99 Å².